The van der Waals surface area contributed by atoms with Gasteiger partial charge in [0.2, 0.25) is 0 Å². The van der Waals surface area contributed by atoms with Gasteiger partial charge in [-0.1, -0.05) is 54.6 Å². The molecular formula is C27H26N2O6. The molecule has 2 aliphatic rings. The summed E-state index contributed by atoms with van der Waals surface area (Å²) < 4.78 is 16.5. The van der Waals surface area contributed by atoms with Crippen LogP contribution in [0, 0.1) is 0 Å². The van der Waals surface area contributed by atoms with Gasteiger partial charge in [-0.2, -0.15) is 0 Å². The first-order chi connectivity index (χ1) is 16.9. The first-order valence-corrected chi connectivity index (χ1v) is 11.3. The number of esters is 3. The van der Waals surface area contributed by atoms with Crippen molar-refractivity contribution in [2.45, 2.75) is 19.3 Å². The molecule has 4 rings (SSSR count). The summed E-state index contributed by atoms with van der Waals surface area (Å²) >= 11 is 0. The molecule has 0 bridgehead atoms. The first-order valence-electron chi connectivity index (χ1n) is 11.3. The van der Waals surface area contributed by atoms with E-state index in [0.29, 0.717) is 16.8 Å². The number of cyclic esters (lactones) is 1. The Bertz CT molecular complexity index is 1260. The van der Waals surface area contributed by atoms with Crippen molar-refractivity contribution in [3.63, 3.8) is 0 Å². The van der Waals surface area contributed by atoms with E-state index in [1.54, 1.807) is 79.4 Å². The smallest absolute Gasteiger partial charge is 0.339 e. The molecule has 0 aliphatic carbocycles. The van der Waals surface area contributed by atoms with E-state index in [0.717, 1.165) is 0 Å². The third kappa shape index (κ3) is 3.58. The molecule has 0 amide bonds. The number of hydrogen-bond donors (Lipinski definition) is 1. The van der Waals surface area contributed by atoms with Gasteiger partial charge in [-0.05, 0) is 19.9 Å². The third-order valence-corrected chi connectivity index (χ3v) is 5.93. The Balaban J connectivity index is 2.16. The van der Waals surface area contributed by atoms with Crippen LogP contribution in [0.5, 0.6) is 0 Å². The second-order valence-corrected chi connectivity index (χ2v) is 7.83. The van der Waals surface area contributed by atoms with Crippen LogP contribution >= 0.6 is 0 Å². The highest BCUT2D eigenvalue weighted by Crippen LogP contribution is 2.55. The van der Waals surface area contributed by atoms with Crippen LogP contribution < -0.4 is 10.6 Å². The van der Waals surface area contributed by atoms with Gasteiger partial charge in [0.15, 0.2) is 5.41 Å². The maximum absolute atomic E-state index is 13.9. The number of carbonyl (C=O) groups is 3. The largest absolute Gasteiger partial charge is 0.462 e. The van der Waals surface area contributed by atoms with Crippen molar-refractivity contribution in [3.8, 4) is 0 Å². The predicted octanol–water partition coefficient (Wildman–Crippen LogP) is 3.20. The van der Waals surface area contributed by atoms with Crippen LogP contribution in [0.1, 0.15) is 25.0 Å². The van der Waals surface area contributed by atoms with Gasteiger partial charge in [-0.15, -0.1) is 6.58 Å². The van der Waals surface area contributed by atoms with Gasteiger partial charge in [-0.3, -0.25) is 0 Å². The summed E-state index contributed by atoms with van der Waals surface area (Å²) in [7, 11) is 0. The topological polar surface area (TPSA) is 108 Å². The molecule has 2 heterocycles. The van der Waals surface area contributed by atoms with Crippen LogP contribution in [-0.2, 0) is 34.0 Å². The van der Waals surface area contributed by atoms with Gasteiger partial charge in [0.1, 0.15) is 22.7 Å². The van der Waals surface area contributed by atoms with Gasteiger partial charge in [-0.25, -0.2) is 14.4 Å². The number of para-hydroxylation sites is 1. The Labute approximate surface area is 203 Å². The molecule has 2 aromatic carbocycles. The monoisotopic (exact) mass is 474 g/mol. The molecule has 0 radical (unpaired) electrons. The lowest BCUT2D eigenvalue weighted by molar-refractivity contribution is -0.146. The maximum Gasteiger partial charge on any atom is 0.339 e. The highest BCUT2D eigenvalue weighted by atomic mass is 16.6. The number of hydrogen-bond acceptors (Lipinski definition) is 8. The van der Waals surface area contributed by atoms with Gasteiger partial charge < -0.3 is 24.8 Å². The molecule has 180 valence electrons. The molecule has 0 fully saturated rings. The average Bonchev–Trinajstić information content (AvgIpc) is 3.16. The van der Waals surface area contributed by atoms with Crippen molar-refractivity contribution >= 4 is 29.4 Å². The summed E-state index contributed by atoms with van der Waals surface area (Å²) in [6, 6.07) is 15.6. The number of nitrogens with zero attached hydrogens (tertiary/aromatic N) is 1. The van der Waals surface area contributed by atoms with Crippen LogP contribution in [0.2, 0.25) is 0 Å². The Morgan fingerprint density at radius 3 is 2.23 bits per heavy atom. The van der Waals surface area contributed by atoms with Gasteiger partial charge in [0, 0.05) is 23.4 Å². The molecule has 2 aromatic rings. The minimum Gasteiger partial charge on any atom is -0.462 e. The minimum absolute atomic E-state index is 0.00984. The van der Waals surface area contributed by atoms with Crippen molar-refractivity contribution in [1.29, 1.82) is 0 Å². The van der Waals surface area contributed by atoms with E-state index in [2.05, 4.69) is 6.58 Å². The molecule has 8 heteroatoms. The van der Waals surface area contributed by atoms with Crippen LogP contribution in [-0.4, -0.2) is 37.7 Å². The fourth-order valence-electron chi connectivity index (χ4n) is 4.61. The van der Waals surface area contributed by atoms with E-state index in [9.17, 15) is 14.4 Å². The molecule has 0 saturated carbocycles. The van der Waals surface area contributed by atoms with Crippen molar-refractivity contribution in [2.24, 2.45) is 5.73 Å². The van der Waals surface area contributed by atoms with Crippen LogP contribution in [0.15, 0.2) is 84.2 Å². The number of rotatable bonds is 7. The molecule has 8 nitrogen and oxygen atoms in total. The van der Waals surface area contributed by atoms with Crippen LogP contribution in [0.3, 0.4) is 0 Å². The molecule has 35 heavy (non-hydrogen) atoms. The molecule has 2 aliphatic heterocycles. The third-order valence-electron chi connectivity index (χ3n) is 5.93. The van der Waals surface area contributed by atoms with Crippen molar-refractivity contribution in [2.75, 3.05) is 24.7 Å². The van der Waals surface area contributed by atoms with E-state index in [1.165, 1.54) is 0 Å². The SMILES string of the molecule is C=CCN1C(N)=C(C(=O)OCC)[C@@]2(C(=O)OC(c3ccccc3)=C2C(=O)OCC)c2ccccc21. The Hall–Kier alpha value is -4.33. The van der Waals surface area contributed by atoms with E-state index < -0.39 is 23.3 Å². The highest BCUT2D eigenvalue weighted by Gasteiger charge is 2.64. The summed E-state index contributed by atoms with van der Waals surface area (Å²) in [5.41, 5.74) is 5.64. The van der Waals surface area contributed by atoms with Crippen LogP contribution in [0.4, 0.5) is 5.69 Å². The highest BCUT2D eigenvalue weighted by molar-refractivity contribution is 6.20. The van der Waals surface area contributed by atoms with Gasteiger partial charge >= 0.3 is 17.9 Å². The normalized spacial score (nSPS) is 18.9. The lowest BCUT2D eigenvalue weighted by Gasteiger charge is -2.40. The maximum atomic E-state index is 13.9. The standard InChI is InChI=1S/C27H26N2O6/c1-4-16-29-19-15-11-10-14-18(19)27(21(23(29)28)25(31)34-6-3)20(24(30)33-5-2)22(35-26(27)32)17-12-8-7-9-13-17/h4,7-15H,1,5-6,16,28H2,2-3H3/t27-/m1/s1. The lowest BCUT2D eigenvalue weighted by Crippen LogP contribution is -2.50. The average molecular weight is 475 g/mol. The summed E-state index contributed by atoms with van der Waals surface area (Å²) in [5, 5.41) is 0. The van der Waals surface area contributed by atoms with Crippen molar-refractivity contribution in [3.05, 3.63) is 95.3 Å². The van der Waals surface area contributed by atoms with E-state index in [-0.39, 0.29) is 42.5 Å². The lowest BCUT2D eigenvalue weighted by atomic mass is 9.66. The number of nitrogens with two attached hydrogens (primary N) is 1. The number of ether oxygens (including phenoxy) is 3. The summed E-state index contributed by atoms with van der Waals surface area (Å²) in [6.45, 7) is 7.41. The zero-order valence-corrected chi connectivity index (χ0v) is 19.6. The Morgan fingerprint density at radius 2 is 1.60 bits per heavy atom. The Kier molecular flexibility index (Phi) is 6.46. The van der Waals surface area contributed by atoms with E-state index >= 15 is 0 Å². The quantitative estimate of drug-likeness (QED) is 0.370. The molecular weight excluding hydrogens is 448 g/mol. The number of carbonyl (C=O) groups excluding carboxylic acids is 3. The van der Waals surface area contributed by atoms with Crippen LogP contribution in [0.25, 0.3) is 5.76 Å². The zero-order valence-electron chi connectivity index (χ0n) is 19.6. The number of benzene rings is 2. The summed E-state index contributed by atoms with van der Waals surface area (Å²) in [4.78, 5) is 42.6. The number of fused-ring (bicyclic) bond motifs is 2. The van der Waals surface area contributed by atoms with Gasteiger partial charge in [0.05, 0.1) is 13.2 Å². The second kappa shape index (κ2) is 9.50. The van der Waals surface area contributed by atoms with E-state index in [4.69, 9.17) is 19.9 Å². The fraction of sp³-hybridized carbons (Fsp3) is 0.222. The summed E-state index contributed by atoms with van der Waals surface area (Å²) in [6.07, 6.45) is 1.62. The molecule has 1 spiro atoms. The first kappa shape index (κ1) is 23.8. The molecule has 0 aromatic heterocycles. The van der Waals surface area contributed by atoms with Crippen molar-refractivity contribution in [1.82, 2.24) is 0 Å². The zero-order chi connectivity index (χ0) is 25.2. The summed E-state index contributed by atoms with van der Waals surface area (Å²) in [5.74, 6) is -2.48. The number of anilines is 1. The predicted molar refractivity (Wildman–Crippen MR) is 130 cm³/mol. The molecule has 0 unspecified atom stereocenters. The van der Waals surface area contributed by atoms with E-state index in [1.807, 2.05) is 0 Å². The fourth-order valence-corrected chi connectivity index (χ4v) is 4.61. The second-order valence-electron chi connectivity index (χ2n) is 7.83. The molecule has 0 saturated heterocycles. The van der Waals surface area contributed by atoms with Gasteiger partial charge in [0.25, 0.3) is 0 Å². The molecule has 2 N–H and O–H groups in total. The minimum atomic E-state index is -1.98. The Morgan fingerprint density at radius 1 is 1.00 bits per heavy atom. The molecule has 1 atom stereocenters. The van der Waals surface area contributed by atoms with Crippen molar-refractivity contribution < 1.29 is 28.6 Å².